The van der Waals surface area contributed by atoms with Gasteiger partial charge < -0.3 is 19.9 Å². The van der Waals surface area contributed by atoms with Crippen molar-refractivity contribution in [2.45, 2.75) is 52.6 Å². The largest absolute Gasteiger partial charge is 0.463 e. The molecule has 0 fully saturated rings. The smallest absolute Gasteiger partial charge is 0.205 e. The molecule has 2 unspecified atom stereocenters. The first-order valence-electron chi connectivity index (χ1n) is 8.19. The Hall–Kier alpha value is -1.43. The lowest BCUT2D eigenvalue weighted by molar-refractivity contribution is -0.180. The van der Waals surface area contributed by atoms with E-state index in [-0.39, 0.29) is 25.0 Å². The lowest BCUT2D eigenvalue weighted by atomic mass is 9.99. The summed E-state index contributed by atoms with van der Waals surface area (Å²) in [6.07, 6.45) is 0.954. The van der Waals surface area contributed by atoms with Crippen LogP contribution in [0.4, 0.5) is 0 Å². The van der Waals surface area contributed by atoms with Gasteiger partial charge in [0.2, 0.25) is 5.79 Å². The van der Waals surface area contributed by atoms with Gasteiger partial charge in [-0.25, -0.2) is 0 Å². The number of ketones is 1. The van der Waals surface area contributed by atoms with Gasteiger partial charge in [0.25, 0.3) is 0 Å². The maximum Gasteiger partial charge on any atom is 0.205 e. The molecule has 5 nitrogen and oxygen atoms in total. The molecule has 2 N–H and O–H groups in total. The van der Waals surface area contributed by atoms with E-state index in [4.69, 9.17) is 9.47 Å². The SMILES string of the molecule is CCC(C)C(CO)NCC(=O)c1ccc2c(c1)COC(C)(C)O2. The molecule has 0 saturated carbocycles. The highest BCUT2D eigenvalue weighted by Gasteiger charge is 2.27. The summed E-state index contributed by atoms with van der Waals surface area (Å²) in [5, 5.41) is 12.6. The predicted molar refractivity (Wildman–Crippen MR) is 88.6 cm³/mol. The predicted octanol–water partition coefficient (Wildman–Crippen LogP) is 2.51. The lowest BCUT2D eigenvalue weighted by Crippen LogP contribution is -2.40. The molecule has 1 aliphatic heterocycles. The molecule has 2 atom stereocenters. The van der Waals surface area contributed by atoms with Crippen LogP contribution in [0.5, 0.6) is 5.75 Å². The van der Waals surface area contributed by atoms with E-state index in [0.717, 1.165) is 17.7 Å². The number of hydrogen-bond acceptors (Lipinski definition) is 5. The Morgan fingerprint density at radius 3 is 2.83 bits per heavy atom. The Morgan fingerprint density at radius 2 is 2.17 bits per heavy atom. The zero-order valence-corrected chi connectivity index (χ0v) is 14.4. The number of Topliss-reactive ketones (excluding diaryl/α,β-unsaturated/α-hetero) is 1. The van der Waals surface area contributed by atoms with Gasteiger partial charge in [0.05, 0.1) is 19.8 Å². The van der Waals surface area contributed by atoms with Crippen LogP contribution in [0, 0.1) is 5.92 Å². The molecule has 1 heterocycles. The van der Waals surface area contributed by atoms with Crippen LogP contribution in [0.2, 0.25) is 0 Å². The Labute approximate surface area is 138 Å². The first-order chi connectivity index (χ1) is 10.9. The molecule has 0 bridgehead atoms. The minimum Gasteiger partial charge on any atom is -0.463 e. The quantitative estimate of drug-likeness (QED) is 0.755. The third-order valence-electron chi connectivity index (χ3n) is 4.37. The fourth-order valence-corrected chi connectivity index (χ4v) is 2.57. The fourth-order valence-electron chi connectivity index (χ4n) is 2.57. The molecule has 0 aliphatic carbocycles. The highest BCUT2D eigenvalue weighted by molar-refractivity contribution is 5.98. The van der Waals surface area contributed by atoms with Crippen LogP contribution in [0.3, 0.4) is 0 Å². The molecule has 23 heavy (non-hydrogen) atoms. The normalized spacial score (nSPS) is 18.7. The van der Waals surface area contributed by atoms with E-state index >= 15 is 0 Å². The fraction of sp³-hybridized carbons (Fsp3) is 0.611. The molecule has 5 heteroatoms. The Bertz CT molecular complexity index is 556. The lowest BCUT2D eigenvalue weighted by Gasteiger charge is -2.32. The van der Waals surface area contributed by atoms with E-state index in [9.17, 15) is 9.90 Å². The number of ether oxygens (including phenoxy) is 2. The number of hydrogen-bond donors (Lipinski definition) is 2. The van der Waals surface area contributed by atoms with E-state index in [2.05, 4.69) is 19.2 Å². The van der Waals surface area contributed by atoms with Gasteiger partial charge in [-0.2, -0.15) is 0 Å². The zero-order chi connectivity index (χ0) is 17.0. The van der Waals surface area contributed by atoms with Crippen LogP contribution in [-0.2, 0) is 11.3 Å². The summed E-state index contributed by atoms with van der Waals surface area (Å²) in [4.78, 5) is 12.4. The van der Waals surface area contributed by atoms with Crippen molar-refractivity contribution in [1.82, 2.24) is 5.32 Å². The third-order valence-corrected chi connectivity index (χ3v) is 4.37. The number of rotatable bonds is 7. The van der Waals surface area contributed by atoms with Crippen molar-refractivity contribution >= 4 is 5.78 Å². The summed E-state index contributed by atoms with van der Waals surface area (Å²) in [6, 6.07) is 5.37. The first kappa shape index (κ1) is 17.9. The van der Waals surface area contributed by atoms with Gasteiger partial charge in [-0.15, -0.1) is 0 Å². The second-order valence-corrected chi connectivity index (χ2v) is 6.59. The van der Waals surface area contributed by atoms with Gasteiger partial charge in [-0.05, 0) is 24.1 Å². The van der Waals surface area contributed by atoms with Crippen LogP contribution >= 0.6 is 0 Å². The summed E-state index contributed by atoms with van der Waals surface area (Å²) in [5.74, 6) is 0.448. The van der Waals surface area contributed by atoms with E-state index in [1.165, 1.54) is 0 Å². The summed E-state index contributed by atoms with van der Waals surface area (Å²) >= 11 is 0. The van der Waals surface area contributed by atoms with Crippen molar-refractivity contribution in [2.75, 3.05) is 13.2 Å². The number of aliphatic hydroxyl groups excluding tert-OH is 1. The molecule has 1 aromatic rings. The third kappa shape index (κ3) is 4.53. The molecular formula is C18H27NO4. The number of nitrogens with one attached hydrogen (secondary N) is 1. The summed E-state index contributed by atoms with van der Waals surface area (Å²) < 4.78 is 11.3. The molecule has 0 radical (unpaired) electrons. The monoisotopic (exact) mass is 321 g/mol. The number of carbonyl (C=O) groups is 1. The maximum atomic E-state index is 12.4. The molecular weight excluding hydrogens is 294 g/mol. The van der Waals surface area contributed by atoms with Crippen LogP contribution in [0.1, 0.15) is 50.0 Å². The number of benzene rings is 1. The van der Waals surface area contributed by atoms with Crippen molar-refractivity contribution < 1.29 is 19.4 Å². The molecule has 1 aliphatic rings. The number of aliphatic hydroxyl groups is 1. The van der Waals surface area contributed by atoms with Gasteiger partial charge in [0.1, 0.15) is 5.75 Å². The summed E-state index contributed by atoms with van der Waals surface area (Å²) in [6.45, 7) is 8.54. The number of carbonyl (C=O) groups excluding carboxylic acids is 1. The van der Waals surface area contributed by atoms with Crippen LogP contribution in [0.25, 0.3) is 0 Å². The maximum absolute atomic E-state index is 12.4. The molecule has 2 rings (SSSR count). The van der Waals surface area contributed by atoms with E-state index in [1.807, 2.05) is 26.0 Å². The molecule has 1 aromatic carbocycles. The van der Waals surface area contributed by atoms with Crippen molar-refractivity contribution in [3.8, 4) is 5.75 Å². The highest BCUT2D eigenvalue weighted by Crippen LogP contribution is 2.31. The molecule has 0 aromatic heterocycles. The first-order valence-corrected chi connectivity index (χ1v) is 8.19. The van der Waals surface area contributed by atoms with Gasteiger partial charge in [-0.3, -0.25) is 4.79 Å². The van der Waals surface area contributed by atoms with Crippen molar-refractivity contribution in [2.24, 2.45) is 5.92 Å². The average molecular weight is 321 g/mol. The van der Waals surface area contributed by atoms with E-state index < -0.39 is 5.79 Å². The average Bonchev–Trinajstić information content (AvgIpc) is 2.53. The second kappa shape index (κ2) is 7.43. The Kier molecular flexibility index (Phi) is 5.79. The van der Waals surface area contributed by atoms with Crippen molar-refractivity contribution in [1.29, 1.82) is 0 Å². The second-order valence-electron chi connectivity index (χ2n) is 6.59. The summed E-state index contributed by atoms with van der Waals surface area (Å²) in [5.41, 5.74) is 1.51. The van der Waals surface area contributed by atoms with Gasteiger partial charge >= 0.3 is 0 Å². The minimum atomic E-state index is -0.634. The molecule has 128 valence electrons. The zero-order valence-electron chi connectivity index (χ0n) is 14.4. The molecule has 0 amide bonds. The van der Waals surface area contributed by atoms with Gasteiger partial charge in [0, 0.05) is 31.0 Å². The van der Waals surface area contributed by atoms with Crippen molar-refractivity contribution in [3.63, 3.8) is 0 Å². The topological polar surface area (TPSA) is 67.8 Å². The van der Waals surface area contributed by atoms with Gasteiger partial charge in [-0.1, -0.05) is 20.3 Å². The standard InChI is InChI=1S/C18H27NO4/c1-5-12(2)15(10-20)19-9-16(21)13-6-7-17-14(8-13)11-22-18(3,4)23-17/h6-8,12,15,19-20H,5,9-11H2,1-4H3. The van der Waals surface area contributed by atoms with E-state index in [0.29, 0.717) is 18.1 Å². The Balaban J connectivity index is 2.01. The van der Waals surface area contributed by atoms with E-state index in [1.54, 1.807) is 6.07 Å². The Morgan fingerprint density at radius 1 is 1.43 bits per heavy atom. The summed E-state index contributed by atoms with van der Waals surface area (Å²) in [7, 11) is 0. The number of fused-ring (bicyclic) bond motifs is 1. The van der Waals surface area contributed by atoms with Crippen LogP contribution in [-0.4, -0.2) is 35.9 Å². The van der Waals surface area contributed by atoms with Crippen LogP contribution in [0.15, 0.2) is 18.2 Å². The molecule has 0 spiro atoms. The minimum absolute atomic E-state index is 0.000568. The molecule has 0 saturated heterocycles. The van der Waals surface area contributed by atoms with Crippen LogP contribution < -0.4 is 10.1 Å². The highest BCUT2D eigenvalue weighted by atomic mass is 16.7. The van der Waals surface area contributed by atoms with Crippen molar-refractivity contribution in [3.05, 3.63) is 29.3 Å². The van der Waals surface area contributed by atoms with Gasteiger partial charge in [0.15, 0.2) is 5.78 Å².